The maximum absolute atomic E-state index is 14.6. The number of hydrogen-bond donors (Lipinski definition) is 1. The van der Waals surface area contributed by atoms with Crippen LogP contribution in [-0.4, -0.2) is 69.6 Å². The fourth-order valence-corrected chi connectivity index (χ4v) is 9.00. The van der Waals surface area contributed by atoms with Crippen molar-refractivity contribution in [2.24, 2.45) is 11.8 Å². The van der Waals surface area contributed by atoms with E-state index in [-0.39, 0.29) is 24.4 Å². The van der Waals surface area contributed by atoms with Crippen molar-refractivity contribution in [3.05, 3.63) is 53.6 Å². The molecule has 4 aliphatic rings. The number of aryl methyl sites for hydroxylation is 2. The molecule has 0 saturated carbocycles. The molecule has 4 aliphatic heterocycles. The van der Waals surface area contributed by atoms with E-state index in [4.69, 9.17) is 4.74 Å². The van der Waals surface area contributed by atoms with Gasteiger partial charge < -0.3 is 19.6 Å². The first kappa shape index (κ1) is 28.0. The fourth-order valence-electron chi connectivity index (χ4n) is 6.85. The van der Waals surface area contributed by atoms with Crippen LogP contribution in [0.25, 0.3) is 0 Å². The minimum Gasteiger partial charge on any atom is -0.465 e. The van der Waals surface area contributed by atoms with E-state index in [1.807, 2.05) is 49.9 Å². The third-order valence-electron chi connectivity index (χ3n) is 8.71. The van der Waals surface area contributed by atoms with Gasteiger partial charge in [0, 0.05) is 30.1 Å². The molecule has 0 aromatic heterocycles. The second-order valence-electron chi connectivity index (χ2n) is 11.5. The number of aliphatic hydroxyl groups excluding tert-OH is 1. The van der Waals surface area contributed by atoms with Crippen molar-refractivity contribution in [2.75, 3.05) is 31.2 Å². The van der Waals surface area contributed by atoms with Crippen LogP contribution in [0.2, 0.25) is 0 Å². The molecule has 1 spiro atoms. The molecule has 210 valence electrons. The summed E-state index contributed by atoms with van der Waals surface area (Å²) in [6.45, 7) is 7.38. The van der Waals surface area contributed by atoms with Crippen LogP contribution in [0.15, 0.2) is 42.5 Å². The summed E-state index contributed by atoms with van der Waals surface area (Å²) in [5.74, 6) is -1.92. The van der Waals surface area contributed by atoms with E-state index in [1.165, 1.54) is 0 Å². The van der Waals surface area contributed by atoms with Gasteiger partial charge in [-0.2, -0.15) is 0 Å². The first-order valence-electron chi connectivity index (χ1n) is 14.3. The normalized spacial score (nSPS) is 33.0. The number of carbonyl (C=O) groups is 3. The van der Waals surface area contributed by atoms with E-state index in [0.29, 0.717) is 19.7 Å². The highest BCUT2D eigenvalue weighted by Crippen LogP contribution is 2.65. The number of esters is 1. The second-order valence-corrected chi connectivity index (χ2v) is 13.3. The first-order chi connectivity index (χ1) is 18.7. The Hall–Kier alpha value is -2.58. The number of carbonyl (C=O) groups excluding carboxylic acids is 3. The van der Waals surface area contributed by atoms with Gasteiger partial charge in [-0.1, -0.05) is 49.3 Å². The van der Waals surface area contributed by atoms with Crippen LogP contribution in [0.4, 0.5) is 5.69 Å². The van der Waals surface area contributed by atoms with Crippen LogP contribution >= 0.6 is 11.8 Å². The van der Waals surface area contributed by atoms with Gasteiger partial charge in [0.25, 0.3) is 5.91 Å². The molecule has 0 aliphatic carbocycles. The number of allylic oxidation sites excluding steroid dienone is 1. The Kier molecular flexibility index (Phi) is 7.98. The number of amides is 2. The number of unbranched alkanes of at least 4 members (excludes halogenated alkanes) is 3. The number of aliphatic hydroxyl groups is 1. The van der Waals surface area contributed by atoms with E-state index in [0.717, 1.165) is 55.3 Å². The van der Waals surface area contributed by atoms with E-state index >= 15 is 0 Å². The minimum atomic E-state index is -0.867. The Morgan fingerprint density at radius 1 is 1.03 bits per heavy atom. The monoisotopic (exact) mass is 552 g/mol. The number of ether oxygens (including phenoxy) is 1. The SMILES string of the molecule is Cc1ccc(C)c(N2CC=C[C@]34S[C@]5(C)/C=C\CCCOC(=O)[C@@H]5[C@H]3C(=O)N(CCCCCCO)C4C2=O)c1. The highest BCUT2D eigenvalue weighted by molar-refractivity contribution is 8.02. The number of fused-ring (bicyclic) bond motifs is 2. The summed E-state index contributed by atoms with van der Waals surface area (Å²) in [6.07, 6.45) is 13.0. The zero-order chi connectivity index (χ0) is 27.8. The standard InChI is InChI=1S/C31H40N2O5S/c1-21-12-13-22(2)23(20-21)32-17-11-15-31-24(25-29(37)38-19-10-6-7-14-30(25,3)39-31)27(35)33(26(31)28(32)36)16-8-4-5-9-18-34/h7,11-15,20,24-26,34H,4-6,8-10,16-19H2,1-3H3/b14-7-/t24-,25-,26?,30+,31-/m0/s1. The second kappa shape index (κ2) is 11.1. The molecule has 2 amide bonds. The molecule has 1 unspecified atom stereocenters. The lowest BCUT2D eigenvalue weighted by molar-refractivity contribution is -0.154. The number of anilines is 1. The molecule has 0 radical (unpaired) electrons. The van der Waals surface area contributed by atoms with Crippen molar-refractivity contribution in [3.8, 4) is 0 Å². The number of likely N-dealkylation sites (tertiary alicyclic amines) is 1. The molecule has 8 heteroatoms. The Morgan fingerprint density at radius 2 is 1.82 bits per heavy atom. The molecular formula is C31H40N2O5S. The summed E-state index contributed by atoms with van der Waals surface area (Å²) in [7, 11) is 0. The molecule has 39 heavy (non-hydrogen) atoms. The van der Waals surface area contributed by atoms with Crippen LogP contribution in [0.3, 0.4) is 0 Å². The van der Waals surface area contributed by atoms with Crippen molar-refractivity contribution < 1.29 is 24.2 Å². The smallest absolute Gasteiger partial charge is 0.311 e. The number of cyclic esters (lactones) is 1. The zero-order valence-corrected chi connectivity index (χ0v) is 24.0. The third-order valence-corrected chi connectivity index (χ3v) is 10.5. The number of benzene rings is 1. The molecule has 2 fully saturated rings. The Bertz CT molecular complexity index is 1200. The summed E-state index contributed by atoms with van der Waals surface area (Å²) >= 11 is 1.59. The highest BCUT2D eigenvalue weighted by atomic mass is 32.2. The maximum atomic E-state index is 14.6. The number of rotatable bonds is 7. The van der Waals surface area contributed by atoms with Crippen molar-refractivity contribution in [1.82, 2.24) is 4.90 Å². The number of nitrogens with zero attached hydrogens (tertiary/aromatic N) is 2. The van der Waals surface area contributed by atoms with Gasteiger partial charge in [0.15, 0.2) is 0 Å². The Balaban J connectivity index is 1.59. The van der Waals surface area contributed by atoms with Crippen molar-refractivity contribution >= 4 is 35.2 Å². The van der Waals surface area contributed by atoms with Crippen LogP contribution in [0.5, 0.6) is 0 Å². The van der Waals surface area contributed by atoms with Crippen molar-refractivity contribution in [3.63, 3.8) is 0 Å². The lowest BCUT2D eigenvalue weighted by Crippen LogP contribution is -2.53. The predicted molar refractivity (Wildman–Crippen MR) is 154 cm³/mol. The quantitative estimate of drug-likeness (QED) is 0.308. The molecular weight excluding hydrogens is 512 g/mol. The zero-order valence-electron chi connectivity index (χ0n) is 23.2. The van der Waals surface area contributed by atoms with Gasteiger partial charge in [0.2, 0.25) is 5.91 Å². The molecule has 1 aromatic rings. The van der Waals surface area contributed by atoms with Gasteiger partial charge in [-0.3, -0.25) is 14.4 Å². The van der Waals surface area contributed by atoms with Gasteiger partial charge in [0.05, 0.1) is 23.2 Å². The molecule has 1 aromatic carbocycles. The topological polar surface area (TPSA) is 87.2 Å². The van der Waals surface area contributed by atoms with Gasteiger partial charge in [-0.25, -0.2) is 0 Å². The first-order valence-corrected chi connectivity index (χ1v) is 15.1. The third kappa shape index (κ3) is 4.84. The summed E-state index contributed by atoms with van der Waals surface area (Å²) in [5.41, 5.74) is 2.93. The lowest BCUT2D eigenvalue weighted by atomic mass is 9.74. The maximum Gasteiger partial charge on any atom is 0.311 e. The molecule has 0 bridgehead atoms. The molecule has 5 atom stereocenters. The van der Waals surface area contributed by atoms with Crippen molar-refractivity contribution in [1.29, 1.82) is 0 Å². The average Bonchev–Trinajstić information content (AvgIpc) is 3.24. The Labute approximate surface area is 235 Å². The number of hydrogen-bond acceptors (Lipinski definition) is 6. The summed E-state index contributed by atoms with van der Waals surface area (Å²) in [4.78, 5) is 46.1. The van der Waals surface area contributed by atoms with Gasteiger partial charge in [-0.05, 0) is 63.6 Å². The minimum absolute atomic E-state index is 0.0974. The molecule has 5 rings (SSSR count). The van der Waals surface area contributed by atoms with Gasteiger partial charge >= 0.3 is 5.97 Å². The predicted octanol–water partition coefficient (Wildman–Crippen LogP) is 4.34. The van der Waals surface area contributed by atoms with Gasteiger partial charge in [-0.15, -0.1) is 11.8 Å². The summed E-state index contributed by atoms with van der Waals surface area (Å²) in [5, 5.41) is 9.17. The molecule has 7 nitrogen and oxygen atoms in total. The molecule has 4 heterocycles. The fraction of sp³-hybridized carbons (Fsp3) is 0.581. The van der Waals surface area contributed by atoms with E-state index < -0.39 is 27.4 Å². The van der Waals surface area contributed by atoms with Crippen molar-refractivity contribution in [2.45, 2.75) is 74.8 Å². The lowest BCUT2D eigenvalue weighted by Gasteiger charge is -2.37. The van der Waals surface area contributed by atoms with E-state index in [2.05, 4.69) is 18.2 Å². The van der Waals surface area contributed by atoms with Crippen LogP contribution in [0, 0.1) is 25.7 Å². The molecule has 2 saturated heterocycles. The highest BCUT2D eigenvalue weighted by Gasteiger charge is 2.73. The van der Waals surface area contributed by atoms with Crippen LogP contribution in [0.1, 0.15) is 56.6 Å². The van der Waals surface area contributed by atoms with Crippen LogP contribution in [-0.2, 0) is 19.1 Å². The molecule has 1 N–H and O–H groups in total. The van der Waals surface area contributed by atoms with Crippen LogP contribution < -0.4 is 4.90 Å². The Morgan fingerprint density at radius 3 is 2.62 bits per heavy atom. The number of thioether (sulfide) groups is 1. The summed E-state index contributed by atoms with van der Waals surface area (Å²) < 4.78 is 4.18. The largest absolute Gasteiger partial charge is 0.465 e. The van der Waals surface area contributed by atoms with Gasteiger partial charge in [0.1, 0.15) is 6.04 Å². The van der Waals surface area contributed by atoms with E-state index in [9.17, 15) is 19.5 Å². The average molecular weight is 553 g/mol. The van der Waals surface area contributed by atoms with E-state index in [1.54, 1.807) is 16.7 Å². The summed E-state index contributed by atoms with van der Waals surface area (Å²) in [6, 6.07) is 5.38.